The molecule has 1 N–H and O–H groups in total. The van der Waals surface area contributed by atoms with Gasteiger partial charge in [0, 0.05) is 5.56 Å². The summed E-state index contributed by atoms with van der Waals surface area (Å²) in [6, 6.07) is 13.6. The van der Waals surface area contributed by atoms with Gasteiger partial charge >= 0.3 is 6.09 Å². The Morgan fingerprint density at radius 3 is 2.52 bits per heavy atom. The molecule has 0 unspecified atom stereocenters. The van der Waals surface area contributed by atoms with Crippen LogP contribution in [0.15, 0.2) is 48.5 Å². The molecule has 1 saturated heterocycles. The first-order valence-corrected chi connectivity index (χ1v) is 11.3. The molecule has 2 atom stereocenters. The second-order valence-electron chi connectivity index (χ2n) is 9.43. The zero-order valence-corrected chi connectivity index (χ0v) is 19.8. The summed E-state index contributed by atoms with van der Waals surface area (Å²) in [5.41, 5.74) is -0.219. The van der Waals surface area contributed by atoms with Crippen molar-refractivity contribution in [3.05, 3.63) is 65.5 Å². The highest BCUT2D eigenvalue weighted by Gasteiger charge is 2.50. The van der Waals surface area contributed by atoms with Crippen LogP contribution in [-0.4, -0.2) is 42.0 Å². The minimum atomic E-state index is -0.921. The number of likely N-dealkylation sites (tertiary alicyclic amines) is 1. The Morgan fingerprint density at radius 2 is 1.91 bits per heavy atom. The summed E-state index contributed by atoms with van der Waals surface area (Å²) >= 11 is 0. The van der Waals surface area contributed by atoms with Crippen LogP contribution in [-0.2, 0) is 16.1 Å². The molecular formula is C26H33FN2O4. The summed E-state index contributed by atoms with van der Waals surface area (Å²) < 4.78 is 25.2. The normalized spacial score (nSPS) is 20.5. The molecule has 1 aliphatic rings. The fraction of sp³-hybridized carbons (Fsp3) is 0.462. The zero-order valence-electron chi connectivity index (χ0n) is 19.8. The minimum Gasteiger partial charge on any atom is -0.489 e. The Balaban J connectivity index is 1.81. The summed E-state index contributed by atoms with van der Waals surface area (Å²) in [6.07, 6.45) is 2.12. The van der Waals surface area contributed by atoms with E-state index in [1.165, 1.54) is 6.07 Å². The van der Waals surface area contributed by atoms with Crippen LogP contribution in [0.1, 0.15) is 57.2 Å². The zero-order chi connectivity index (χ0) is 24.1. The molecule has 1 amide bonds. The molecule has 2 aromatic carbocycles. The summed E-state index contributed by atoms with van der Waals surface area (Å²) in [6.45, 7) is 6.17. The Labute approximate surface area is 195 Å². The lowest BCUT2D eigenvalue weighted by atomic mass is 9.94. The summed E-state index contributed by atoms with van der Waals surface area (Å²) in [4.78, 5) is 27.1. The molecule has 0 aliphatic carbocycles. The topological polar surface area (TPSA) is 67.9 Å². The molecule has 178 valence electrons. The van der Waals surface area contributed by atoms with Crippen molar-refractivity contribution in [1.82, 2.24) is 10.2 Å². The van der Waals surface area contributed by atoms with Crippen LogP contribution in [0.4, 0.5) is 9.18 Å². The second-order valence-corrected chi connectivity index (χ2v) is 9.43. The monoisotopic (exact) mass is 456 g/mol. The molecule has 1 fully saturated rings. The molecule has 1 aliphatic heterocycles. The van der Waals surface area contributed by atoms with E-state index in [2.05, 4.69) is 5.32 Å². The maximum atomic E-state index is 13.8. The van der Waals surface area contributed by atoms with Gasteiger partial charge in [-0.15, -0.1) is 0 Å². The van der Waals surface area contributed by atoms with Crippen molar-refractivity contribution in [2.75, 3.05) is 13.6 Å². The fourth-order valence-electron chi connectivity index (χ4n) is 4.21. The highest BCUT2D eigenvalue weighted by atomic mass is 19.1. The number of carbonyl (C=O) groups is 2. The van der Waals surface area contributed by atoms with Gasteiger partial charge in [0.05, 0.1) is 6.04 Å². The molecule has 0 spiro atoms. The first kappa shape index (κ1) is 24.7. The van der Waals surface area contributed by atoms with Gasteiger partial charge in [-0.1, -0.05) is 30.3 Å². The maximum Gasteiger partial charge on any atom is 0.411 e. The lowest BCUT2D eigenvalue weighted by Crippen LogP contribution is -2.52. The van der Waals surface area contributed by atoms with E-state index < -0.39 is 17.2 Å². The number of hydrogen-bond acceptors (Lipinski definition) is 5. The van der Waals surface area contributed by atoms with E-state index in [1.54, 1.807) is 35.2 Å². The van der Waals surface area contributed by atoms with Crippen molar-refractivity contribution in [2.45, 2.75) is 63.8 Å². The number of hydrogen-bond donors (Lipinski definition) is 1. The predicted octanol–water partition coefficient (Wildman–Crippen LogP) is 5.02. The van der Waals surface area contributed by atoms with Crippen LogP contribution in [0.5, 0.6) is 5.75 Å². The van der Waals surface area contributed by atoms with Crippen molar-refractivity contribution < 1.29 is 23.5 Å². The van der Waals surface area contributed by atoms with E-state index in [-0.39, 0.29) is 18.5 Å². The van der Waals surface area contributed by atoms with Crippen molar-refractivity contribution in [3.63, 3.8) is 0 Å². The summed E-state index contributed by atoms with van der Waals surface area (Å²) in [5.74, 6) is 0.292. The Kier molecular flexibility index (Phi) is 7.74. The number of rotatable bonds is 8. The van der Waals surface area contributed by atoms with Gasteiger partial charge in [0.2, 0.25) is 0 Å². The highest BCUT2D eigenvalue weighted by Crippen LogP contribution is 2.44. The largest absolute Gasteiger partial charge is 0.489 e. The van der Waals surface area contributed by atoms with Crippen molar-refractivity contribution >= 4 is 12.4 Å². The van der Waals surface area contributed by atoms with Crippen LogP contribution in [0, 0.1) is 5.82 Å². The molecule has 0 bridgehead atoms. The van der Waals surface area contributed by atoms with Gasteiger partial charge in [0.25, 0.3) is 0 Å². The fourth-order valence-corrected chi connectivity index (χ4v) is 4.21. The van der Waals surface area contributed by atoms with Gasteiger partial charge < -0.3 is 19.6 Å². The molecule has 33 heavy (non-hydrogen) atoms. The minimum absolute atomic E-state index is 0.123. The Morgan fingerprint density at radius 1 is 1.21 bits per heavy atom. The number of nitrogens with one attached hydrogen (secondary N) is 1. The maximum absolute atomic E-state index is 13.8. The number of benzene rings is 2. The van der Waals surface area contributed by atoms with Crippen molar-refractivity contribution in [3.8, 4) is 5.75 Å². The van der Waals surface area contributed by atoms with Gasteiger partial charge in [-0.25, -0.2) is 9.18 Å². The third kappa shape index (κ3) is 5.90. The smallest absolute Gasteiger partial charge is 0.411 e. The van der Waals surface area contributed by atoms with Crippen LogP contribution in [0.2, 0.25) is 0 Å². The number of amides is 1. The van der Waals surface area contributed by atoms with Gasteiger partial charge in [-0.3, -0.25) is 4.90 Å². The average Bonchev–Trinajstić information content (AvgIpc) is 3.16. The first-order chi connectivity index (χ1) is 15.7. The average molecular weight is 457 g/mol. The number of ether oxygens (including phenoxy) is 2. The highest BCUT2D eigenvalue weighted by molar-refractivity contribution is 5.78. The SMILES string of the molecule is CNCC[C@@]1(C=O)CC[C@H](c2ccc(OCc3ccccc3F)cc2)N1C(=O)OC(C)(C)C. The summed E-state index contributed by atoms with van der Waals surface area (Å²) in [7, 11) is 1.82. The molecular weight excluding hydrogens is 423 g/mol. The Bertz CT molecular complexity index is 958. The van der Waals surface area contributed by atoms with E-state index in [0.29, 0.717) is 37.1 Å². The standard InChI is InChI=1S/C26H33FN2O4/c1-25(2,3)33-24(31)29-23(13-14-26(29,18-30)15-16-28-4)19-9-11-21(12-10-19)32-17-20-7-5-6-8-22(20)27/h5-12,18,23,28H,13-17H2,1-4H3/t23-,26-/m1/s1. The van der Waals surface area contributed by atoms with Gasteiger partial charge in [0.15, 0.2) is 0 Å². The quantitative estimate of drug-likeness (QED) is 0.565. The van der Waals surface area contributed by atoms with E-state index in [9.17, 15) is 14.0 Å². The molecule has 6 nitrogen and oxygen atoms in total. The molecule has 0 saturated carbocycles. The number of carbonyl (C=O) groups excluding carboxylic acids is 2. The number of halogens is 1. The van der Waals surface area contributed by atoms with Gasteiger partial charge in [0.1, 0.15) is 35.6 Å². The van der Waals surface area contributed by atoms with E-state index in [1.807, 2.05) is 40.0 Å². The van der Waals surface area contributed by atoms with Crippen LogP contribution in [0.3, 0.4) is 0 Å². The van der Waals surface area contributed by atoms with Crippen LogP contribution < -0.4 is 10.1 Å². The summed E-state index contributed by atoms with van der Waals surface area (Å²) in [5, 5.41) is 3.07. The van der Waals surface area contributed by atoms with Gasteiger partial charge in [-0.2, -0.15) is 0 Å². The molecule has 7 heteroatoms. The van der Waals surface area contributed by atoms with Crippen LogP contribution in [0.25, 0.3) is 0 Å². The molecule has 0 aromatic heterocycles. The molecule has 2 aromatic rings. The lowest BCUT2D eigenvalue weighted by molar-refractivity contribution is -0.118. The number of nitrogens with zero attached hydrogens (tertiary/aromatic N) is 1. The molecule has 3 rings (SSSR count). The van der Waals surface area contributed by atoms with Crippen LogP contribution >= 0.6 is 0 Å². The van der Waals surface area contributed by atoms with Crippen molar-refractivity contribution in [1.29, 1.82) is 0 Å². The second kappa shape index (κ2) is 10.3. The Hall–Kier alpha value is -2.93. The number of aldehydes is 1. The van der Waals surface area contributed by atoms with E-state index >= 15 is 0 Å². The van der Waals surface area contributed by atoms with E-state index in [0.717, 1.165) is 11.8 Å². The first-order valence-electron chi connectivity index (χ1n) is 11.3. The molecule has 0 radical (unpaired) electrons. The third-order valence-electron chi connectivity index (χ3n) is 5.88. The lowest BCUT2D eigenvalue weighted by Gasteiger charge is -2.38. The predicted molar refractivity (Wildman–Crippen MR) is 125 cm³/mol. The third-order valence-corrected chi connectivity index (χ3v) is 5.88. The molecule has 1 heterocycles. The van der Waals surface area contributed by atoms with Crippen molar-refractivity contribution in [2.24, 2.45) is 0 Å². The van der Waals surface area contributed by atoms with E-state index in [4.69, 9.17) is 9.47 Å². The van der Waals surface area contributed by atoms with Gasteiger partial charge in [-0.05, 0) is 77.4 Å².